The Morgan fingerprint density at radius 1 is 1.35 bits per heavy atom. The van der Waals surface area contributed by atoms with Gasteiger partial charge in [-0.2, -0.15) is 5.26 Å². The first-order valence-electron chi connectivity index (χ1n) is 7.58. The molecule has 2 atom stereocenters. The first kappa shape index (κ1) is 18.6. The summed E-state index contributed by atoms with van der Waals surface area (Å²) in [4.78, 5) is 24.8. The Hall–Kier alpha value is -2.41. The highest BCUT2D eigenvalue weighted by molar-refractivity contribution is 6.03. The second kappa shape index (κ2) is 7.23. The van der Waals surface area contributed by atoms with Gasteiger partial charge in [-0.15, -0.1) is 0 Å². The normalized spacial score (nSPS) is 13.6. The van der Waals surface area contributed by atoms with E-state index in [2.05, 4.69) is 18.0 Å². The molecule has 0 saturated carbocycles. The first-order chi connectivity index (χ1) is 10.6. The van der Waals surface area contributed by atoms with Gasteiger partial charge in [0.25, 0.3) is 5.91 Å². The molecule has 1 N–H and O–H groups in total. The molecule has 0 aromatic heterocycles. The minimum Gasteiger partial charge on any atom is -0.341 e. The van der Waals surface area contributed by atoms with E-state index in [0.29, 0.717) is 11.1 Å². The van der Waals surface area contributed by atoms with Crippen LogP contribution in [-0.4, -0.2) is 17.7 Å². The lowest BCUT2D eigenvalue weighted by Gasteiger charge is -2.30. The van der Waals surface area contributed by atoms with Crippen molar-refractivity contribution in [2.45, 2.75) is 46.6 Å². The number of carbonyl (C=O) groups excluding carboxylic acids is 2. The fourth-order valence-corrected chi connectivity index (χ4v) is 2.16. The van der Waals surface area contributed by atoms with Gasteiger partial charge < -0.3 is 5.32 Å². The van der Waals surface area contributed by atoms with E-state index in [9.17, 15) is 9.59 Å². The summed E-state index contributed by atoms with van der Waals surface area (Å²) < 4.78 is 0. The molecule has 0 aliphatic carbocycles. The number of hydrogen-bond donors (Lipinski definition) is 1. The predicted molar refractivity (Wildman–Crippen MR) is 93.1 cm³/mol. The van der Waals surface area contributed by atoms with Crippen LogP contribution in [0, 0.1) is 16.7 Å². The average molecular weight is 314 g/mol. The number of ketones is 1. The van der Waals surface area contributed by atoms with Gasteiger partial charge in [-0.25, -0.2) is 0 Å². The molecule has 0 heterocycles. The number of benzene rings is 1. The number of Topliss-reactive ketones (excluding diaryl/α,β-unsaturated/α-hetero) is 1. The maximum absolute atomic E-state index is 12.5. The standard InChI is InChI=1S/C19H24N2O2.H2/c1-12(2)16(22)17(19(4,5)6)21-18(23)15-9-7-8-14(10-15)13(3)11-20;/h7-10,13,17H,1H2,2-6H3,(H,21,23);1H. The lowest BCUT2D eigenvalue weighted by atomic mass is 9.82. The fourth-order valence-electron chi connectivity index (χ4n) is 2.16. The Morgan fingerprint density at radius 3 is 2.43 bits per heavy atom. The van der Waals surface area contributed by atoms with Gasteiger partial charge in [-0.05, 0) is 42.5 Å². The summed E-state index contributed by atoms with van der Waals surface area (Å²) in [5, 5.41) is 11.8. The van der Waals surface area contributed by atoms with E-state index < -0.39 is 11.5 Å². The highest BCUT2D eigenvalue weighted by atomic mass is 16.2. The van der Waals surface area contributed by atoms with E-state index >= 15 is 0 Å². The van der Waals surface area contributed by atoms with Crippen LogP contribution in [0.2, 0.25) is 0 Å². The fraction of sp³-hybridized carbons (Fsp3) is 0.421. The maximum Gasteiger partial charge on any atom is 0.251 e. The topological polar surface area (TPSA) is 70.0 Å². The van der Waals surface area contributed by atoms with Crippen molar-refractivity contribution < 1.29 is 11.0 Å². The van der Waals surface area contributed by atoms with E-state index in [1.165, 1.54) is 0 Å². The van der Waals surface area contributed by atoms with Crippen molar-refractivity contribution in [1.82, 2.24) is 5.32 Å². The second-order valence-electron chi connectivity index (χ2n) is 6.89. The van der Waals surface area contributed by atoms with Gasteiger partial charge in [0.2, 0.25) is 0 Å². The molecule has 0 fully saturated rings. The summed E-state index contributed by atoms with van der Waals surface area (Å²) in [6.45, 7) is 12.8. The van der Waals surface area contributed by atoms with Crippen LogP contribution >= 0.6 is 0 Å². The zero-order valence-electron chi connectivity index (χ0n) is 14.4. The van der Waals surface area contributed by atoms with Crippen LogP contribution in [0.3, 0.4) is 0 Å². The van der Waals surface area contributed by atoms with Gasteiger partial charge in [0.15, 0.2) is 5.78 Å². The van der Waals surface area contributed by atoms with Gasteiger partial charge in [0.05, 0.1) is 18.0 Å². The van der Waals surface area contributed by atoms with E-state index in [0.717, 1.165) is 5.56 Å². The third kappa shape index (κ3) is 4.79. The third-order valence-corrected chi connectivity index (χ3v) is 3.67. The van der Waals surface area contributed by atoms with Crippen LogP contribution in [0.5, 0.6) is 0 Å². The van der Waals surface area contributed by atoms with Crippen LogP contribution in [0.4, 0.5) is 0 Å². The Labute approximate surface area is 139 Å². The quantitative estimate of drug-likeness (QED) is 0.839. The molecular weight excluding hydrogens is 288 g/mol. The predicted octanol–water partition coefficient (Wildman–Crippen LogP) is 3.85. The van der Waals surface area contributed by atoms with Crippen molar-refractivity contribution in [2.24, 2.45) is 5.41 Å². The lowest BCUT2D eigenvalue weighted by Crippen LogP contribution is -2.49. The van der Waals surface area contributed by atoms with E-state index in [1.807, 2.05) is 26.8 Å². The number of nitriles is 1. The monoisotopic (exact) mass is 314 g/mol. The number of nitrogens with zero attached hydrogens (tertiary/aromatic N) is 1. The largest absolute Gasteiger partial charge is 0.341 e. The van der Waals surface area contributed by atoms with E-state index in [1.54, 1.807) is 32.0 Å². The van der Waals surface area contributed by atoms with Crippen molar-refractivity contribution in [3.63, 3.8) is 0 Å². The van der Waals surface area contributed by atoms with Crippen molar-refractivity contribution in [2.75, 3.05) is 0 Å². The molecule has 2 unspecified atom stereocenters. The smallest absolute Gasteiger partial charge is 0.251 e. The Morgan fingerprint density at radius 2 is 1.96 bits per heavy atom. The van der Waals surface area contributed by atoms with Gasteiger partial charge in [0.1, 0.15) is 0 Å². The molecule has 23 heavy (non-hydrogen) atoms. The summed E-state index contributed by atoms with van der Waals surface area (Å²) in [7, 11) is 0. The molecule has 0 aliphatic heterocycles. The molecule has 4 nitrogen and oxygen atoms in total. The highest BCUT2D eigenvalue weighted by Crippen LogP contribution is 2.23. The summed E-state index contributed by atoms with van der Waals surface area (Å²) in [5.41, 5.74) is 1.20. The molecule has 0 aliphatic rings. The number of hydrogen-bond acceptors (Lipinski definition) is 3. The molecule has 1 aromatic carbocycles. The Bertz CT molecular complexity index is 669. The zero-order chi connectivity index (χ0) is 17.8. The Balaban J connectivity index is 0.00000529. The minimum absolute atomic E-state index is 0. The van der Waals surface area contributed by atoms with Crippen LogP contribution in [0.15, 0.2) is 36.4 Å². The Kier molecular flexibility index (Phi) is 5.86. The van der Waals surface area contributed by atoms with Crippen LogP contribution < -0.4 is 5.32 Å². The molecule has 0 radical (unpaired) electrons. The zero-order valence-corrected chi connectivity index (χ0v) is 14.4. The molecule has 0 bridgehead atoms. The molecule has 0 saturated heterocycles. The molecule has 124 valence electrons. The summed E-state index contributed by atoms with van der Waals surface area (Å²) in [6, 6.07) is 8.41. The first-order valence-corrected chi connectivity index (χ1v) is 7.58. The minimum atomic E-state index is -0.649. The van der Waals surface area contributed by atoms with E-state index in [4.69, 9.17) is 5.26 Å². The SMILES string of the molecule is C=C(C)C(=O)C(NC(=O)c1cccc(C(C)C#N)c1)C(C)(C)C.[HH]. The highest BCUT2D eigenvalue weighted by Gasteiger charge is 2.33. The van der Waals surface area contributed by atoms with Gasteiger partial charge in [0, 0.05) is 6.99 Å². The molecule has 0 spiro atoms. The average Bonchev–Trinajstić information content (AvgIpc) is 2.49. The summed E-state index contributed by atoms with van der Waals surface area (Å²) >= 11 is 0. The number of amides is 1. The van der Waals surface area contributed by atoms with Gasteiger partial charge in [-0.3, -0.25) is 9.59 Å². The number of carbonyl (C=O) groups is 2. The van der Waals surface area contributed by atoms with Gasteiger partial charge in [-0.1, -0.05) is 39.5 Å². The maximum atomic E-state index is 12.5. The molecule has 1 amide bonds. The third-order valence-electron chi connectivity index (χ3n) is 3.67. The second-order valence-corrected chi connectivity index (χ2v) is 6.89. The van der Waals surface area contributed by atoms with E-state index in [-0.39, 0.29) is 19.0 Å². The van der Waals surface area contributed by atoms with Crippen LogP contribution in [-0.2, 0) is 4.79 Å². The number of nitrogens with one attached hydrogen (secondary N) is 1. The molecule has 1 aromatic rings. The van der Waals surface area contributed by atoms with Gasteiger partial charge >= 0.3 is 0 Å². The molecule has 4 heteroatoms. The van der Waals surface area contributed by atoms with Crippen molar-refractivity contribution >= 4 is 11.7 Å². The van der Waals surface area contributed by atoms with Crippen molar-refractivity contribution in [1.29, 1.82) is 5.26 Å². The molecular formula is C19H26N2O2. The summed E-state index contributed by atoms with van der Waals surface area (Å²) in [6.07, 6.45) is 0. The molecule has 1 rings (SSSR count). The number of rotatable bonds is 5. The van der Waals surface area contributed by atoms with Crippen molar-refractivity contribution in [3.8, 4) is 6.07 Å². The van der Waals surface area contributed by atoms with Crippen molar-refractivity contribution in [3.05, 3.63) is 47.5 Å². The van der Waals surface area contributed by atoms with Crippen LogP contribution in [0.25, 0.3) is 0 Å². The lowest BCUT2D eigenvalue weighted by molar-refractivity contribution is -0.119. The summed E-state index contributed by atoms with van der Waals surface area (Å²) in [5.74, 6) is -0.794. The van der Waals surface area contributed by atoms with Crippen LogP contribution in [0.1, 0.15) is 57.9 Å².